The minimum atomic E-state index is 0.202. The third-order valence-electron chi connectivity index (χ3n) is 5.41. The summed E-state index contributed by atoms with van der Waals surface area (Å²) in [6.45, 7) is 11.5. The Kier molecular flexibility index (Phi) is 5.02. The lowest BCUT2D eigenvalue weighted by Crippen LogP contribution is -2.35. The number of ether oxygens (including phenoxy) is 1. The summed E-state index contributed by atoms with van der Waals surface area (Å²) >= 11 is 0. The number of hydrogen-bond acceptors (Lipinski definition) is 3. The van der Waals surface area contributed by atoms with Gasteiger partial charge in [-0.2, -0.15) is 0 Å². The Morgan fingerprint density at radius 1 is 1.26 bits per heavy atom. The molecular formula is C19H28N2O2. The zero-order valence-corrected chi connectivity index (χ0v) is 14.5. The summed E-state index contributed by atoms with van der Waals surface area (Å²) < 4.78 is 5.50. The third-order valence-corrected chi connectivity index (χ3v) is 5.41. The van der Waals surface area contributed by atoms with Gasteiger partial charge in [0.2, 0.25) is 5.91 Å². The molecule has 3 rings (SSSR count). The van der Waals surface area contributed by atoms with Gasteiger partial charge in [0.1, 0.15) is 0 Å². The Hall–Kier alpha value is -1.39. The van der Waals surface area contributed by atoms with E-state index in [1.165, 1.54) is 11.1 Å². The van der Waals surface area contributed by atoms with Crippen molar-refractivity contribution >= 4 is 5.91 Å². The topological polar surface area (TPSA) is 32.8 Å². The standard InChI is InChI=1S/C19H28N2O2/c1-4-23-10-9-20-11-16-12-21(15(3)22)19(18(16)13-20)17-8-6-5-7-14(17)2/h5-8,16,18-19H,4,9-13H2,1-3H3/t16-,18-,19+/m1/s1. The number of nitrogens with zero attached hydrogens (tertiary/aromatic N) is 2. The van der Waals surface area contributed by atoms with Gasteiger partial charge in [0, 0.05) is 45.6 Å². The van der Waals surface area contributed by atoms with Crippen LogP contribution in [0.3, 0.4) is 0 Å². The molecule has 2 saturated heterocycles. The normalized spacial score (nSPS) is 27.4. The monoisotopic (exact) mass is 316 g/mol. The van der Waals surface area contributed by atoms with Crippen molar-refractivity contribution in [2.45, 2.75) is 26.8 Å². The highest BCUT2D eigenvalue weighted by molar-refractivity contribution is 5.74. The average Bonchev–Trinajstić information content (AvgIpc) is 3.05. The van der Waals surface area contributed by atoms with Gasteiger partial charge in [-0.1, -0.05) is 24.3 Å². The lowest BCUT2D eigenvalue weighted by Gasteiger charge is -2.30. The minimum absolute atomic E-state index is 0.202. The molecule has 126 valence electrons. The predicted molar refractivity (Wildman–Crippen MR) is 91.2 cm³/mol. The molecule has 0 unspecified atom stereocenters. The van der Waals surface area contributed by atoms with Crippen LogP contribution in [0.1, 0.15) is 31.0 Å². The number of hydrogen-bond donors (Lipinski definition) is 0. The molecule has 0 N–H and O–H groups in total. The molecule has 2 aliphatic heterocycles. The summed E-state index contributed by atoms with van der Waals surface area (Å²) in [5.74, 6) is 1.33. The van der Waals surface area contributed by atoms with Crippen molar-refractivity contribution in [1.29, 1.82) is 0 Å². The fraction of sp³-hybridized carbons (Fsp3) is 0.632. The molecule has 0 spiro atoms. The Morgan fingerprint density at radius 2 is 2.04 bits per heavy atom. The van der Waals surface area contributed by atoms with Crippen LogP contribution >= 0.6 is 0 Å². The summed E-state index contributed by atoms with van der Waals surface area (Å²) in [5, 5.41) is 0. The first-order valence-corrected chi connectivity index (χ1v) is 8.74. The van der Waals surface area contributed by atoms with Crippen LogP contribution in [-0.2, 0) is 9.53 Å². The molecular weight excluding hydrogens is 288 g/mol. The summed E-state index contributed by atoms with van der Waals surface area (Å²) in [5.41, 5.74) is 2.61. The van der Waals surface area contributed by atoms with E-state index in [0.717, 1.165) is 39.4 Å². The average molecular weight is 316 g/mol. The first kappa shape index (κ1) is 16.5. The number of carbonyl (C=O) groups is 1. The van der Waals surface area contributed by atoms with Crippen LogP contribution < -0.4 is 0 Å². The molecule has 1 amide bonds. The predicted octanol–water partition coefficient (Wildman–Crippen LogP) is 2.48. The third kappa shape index (κ3) is 3.29. The smallest absolute Gasteiger partial charge is 0.219 e. The summed E-state index contributed by atoms with van der Waals surface area (Å²) in [4.78, 5) is 16.8. The second-order valence-corrected chi connectivity index (χ2v) is 6.85. The second-order valence-electron chi connectivity index (χ2n) is 6.85. The number of fused-ring (bicyclic) bond motifs is 1. The minimum Gasteiger partial charge on any atom is -0.380 e. The van der Waals surface area contributed by atoms with Crippen molar-refractivity contribution < 1.29 is 9.53 Å². The van der Waals surface area contributed by atoms with Gasteiger partial charge in [0.25, 0.3) is 0 Å². The number of rotatable bonds is 5. The molecule has 2 fully saturated rings. The molecule has 2 aliphatic rings. The molecule has 4 nitrogen and oxygen atoms in total. The van der Waals surface area contributed by atoms with Crippen molar-refractivity contribution in [3.8, 4) is 0 Å². The lowest BCUT2D eigenvalue weighted by molar-refractivity contribution is -0.130. The largest absolute Gasteiger partial charge is 0.380 e. The highest BCUT2D eigenvalue weighted by atomic mass is 16.5. The number of carbonyl (C=O) groups excluding carboxylic acids is 1. The van der Waals surface area contributed by atoms with Gasteiger partial charge in [-0.3, -0.25) is 4.79 Å². The van der Waals surface area contributed by atoms with Gasteiger partial charge in [-0.05, 0) is 30.9 Å². The molecule has 2 heterocycles. The van der Waals surface area contributed by atoms with Crippen molar-refractivity contribution in [1.82, 2.24) is 9.80 Å². The Labute approximate surface area is 139 Å². The zero-order chi connectivity index (χ0) is 16.4. The number of benzene rings is 1. The maximum atomic E-state index is 12.2. The SMILES string of the molecule is CCOCCN1C[C@@H]2CN(C(C)=O)[C@@H](c3ccccc3C)[C@@H]2C1. The van der Waals surface area contributed by atoms with E-state index in [0.29, 0.717) is 11.8 Å². The molecule has 23 heavy (non-hydrogen) atoms. The Balaban J connectivity index is 1.78. The van der Waals surface area contributed by atoms with Crippen LogP contribution in [-0.4, -0.2) is 55.1 Å². The van der Waals surface area contributed by atoms with E-state index in [9.17, 15) is 4.79 Å². The summed E-state index contributed by atoms with van der Waals surface area (Å²) in [6.07, 6.45) is 0. The summed E-state index contributed by atoms with van der Waals surface area (Å²) in [7, 11) is 0. The Bertz CT molecular complexity index is 560. The van der Waals surface area contributed by atoms with Crippen LogP contribution in [0.4, 0.5) is 0 Å². The quantitative estimate of drug-likeness (QED) is 0.783. The van der Waals surface area contributed by atoms with Gasteiger partial charge in [-0.25, -0.2) is 0 Å². The maximum absolute atomic E-state index is 12.2. The first-order chi connectivity index (χ1) is 11.1. The van der Waals surface area contributed by atoms with E-state index in [1.54, 1.807) is 6.92 Å². The molecule has 1 aromatic carbocycles. The second kappa shape index (κ2) is 7.02. The van der Waals surface area contributed by atoms with E-state index < -0.39 is 0 Å². The first-order valence-electron chi connectivity index (χ1n) is 8.74. The number of likely N-dealkylation sites (tertiary alicyclic amines) is 2. The maximum Gasteiger partial charge on any atom is 0.219 e. The number of aryl methyl sites for hydroxylation is 1. The molecule has 0 aliphatic carbocycles. The van der Waals surface area contributed by atoms with Crippen molar-refractivity contribution in [3.63, 3.8) is 0 Å². The van der Waals surface area contributed by atoms with Gasteiger partial charge in [-0.15, -0.1) is 0 Å². The van der Waals surface area contributed by atoms with Crippen molar-refractivity contribution in [3.05, 3.63) is 35.4 Å². The van der Waals surface area contributed by atoms with Gasteiger partial charge < -0.3 is 14.5 Å². The van der Waals surface area contributed by atoms with Gasteiger partial charge in [0.05, 0.1) is 12.6 Å². The molecule has 0 bridgehead atoms. The highest BCUT2D eigenvalue weighted by Crippen LogP contribution is 2.45. The summed E-state index contributed by atoms with van der Waals surface area (Å²) in [6, 6.07) is 8.75. The Morgan fingerprint density at radius 3 is 2.74 bits per heavy atom. The number of amides is 1. The van der Waals surface area contributed by atoms with E-state index in [-0.39, 0.29) is 11.9 Å². The fourth-order valence-electron chi connectivity index (χ4n) is 4.30. The van der Waals surface area contributed by atoms with E-state index >= 15 is 0 Å². The molecule has 0 radical (unpaired) electrons. The van der Waals surface area contributed by atoms with Crippen LogP contribution in [0.2, 0.25) is 0 Å². The molecule has 0 aromatic heterocycles. The zero-order valence-electron chi connectivity index (χ0n) is 14.5. The van der Waals surface area contributed by atoms with Crippen molar-refractivity contribution in [2.24, 2.45) is 11.8 Å². The van der Waals surface area contributed by atoms with E-state index in [2.05, 4.69) is 41.0 Å². The molecule has 0 saturated carbocycles. The van der Waals surface area contributed by atoms with Gasteiger partial charge >= 0.3 is 0 Å². The van der Waals surface area contributed by atoms with Crippen molar-refractivity contribution in [2.75, 3.05) is 39.4 Å². The highest BCUT2D eigenvalue weighted by Gasteiger charge is 2.48. The van der Waals surface area contributed by atoms with Crippen LogP contribution in [0.15, 0.2) is 24.3 Å². The lowest BCUT2D eigenvalue weighted by atomic mass is 9.87. The molecule has 1 aromatic rings. The van der Waals surface area contributed by atoms with Gasteiger partial charge in [0.15, 0.2) is 0 Å². The van der Waals surface area contributed by atoms with Crippen LogP contribution in [0.5, 0.6) is 0 Å². The fourth-order valence-corrected chi connectivity index (χ4v) is 4.30. The molecule has 3 atom stereocenters. The molecule has 4 heteroatoms. The van der Waals surface area contributed by atoms with Crippen LogP contribution in [0, 0.1) is 18.8 Å². The van der Waals surface area contributed by atoms with E-state index in [1.807, 2.05) is 6.92 Å². The van der Waals surface area contributed by atoms with Crippen LogP contribution in [0.25, 0.3) is 0 Å². The van der Waals surface area contributed by atoms with E-state index in [4.69, 9.17) is 4.74 Å².